The van der Waals surface area contributed by atoms with Crippen molar-refractivity contribution in [2.24, 2.45) is 0 Å². The molecule has 3 aliphatic rings. The molecule has 0 radical (unpaired) electrons. The molecule has 3 aliphatic heterocycles. The van der Waals surface area contributed by atoms with Gasteiger partial charge in [-0.2, -0.15) is 5.26 Å². The Hall–Kier alpha value is -2.55. The monoisotopic (exact) mass is 375 g/mol. The summed E-state index contributed by atoms with van der Waals surface area (Å²) in [5.74, 6) is 1.61. The van der Waals surface area contributed by atoms with E-state index >= 15 is 0 Å². The zero-order chi connectivity index (χ0) is 19.4. The zero-order valence-electron chi connectivity index (χ0n) is 16.6. The van der Waals surface area contributed by atoms with E-state index in [1.54, 1.807) is 14.2 Å². The highest BCUT2D eigenvalue weighted by Crippen LogP contribution is 2.50. The van der Waals surface area contributed by atoms with Crippen molar-refractivity contribution < 1.29 is 9.47 Å². The molecule has 2 aromatic carbocycles. The van der Waals surface area contributed by atoms with Gasteiger partial charge in [0.2, 0.25) is 0 Å². The maximum atomic E-state index is 10.1. The lowest BCUT2D eigenvalue weighted by atomic mass is 9.74. The van der Waals surface area contributed by atoms with Gasteiger partial charge in [0, 0.05) is 24.2 Å². The van der Waals surface area contributed by atoms with E-state index in [0.29, 0.717) is 0 Å². The van der Waals surface area contributed by atoms with E-state index in [9.17, 15) is 5.26 Å². The molecule has 0 spiro atoms. The minimum absolute atomic E-state index is 0.110. The summed E-state index contributed by atoms with van der Waals surface area (Å²) < 4.78 is 11.4. The smallest absolute Gasteiger partial charge is 0.165 e. The van der Waals surface area contributed by atoms with Crippen LogP contribution in [-0.2, 0) is 19.4 Å². The second kappa shape index (κ2) is 6.51. The number of nitrogens with zero attached hydrogens (tertiary/aromatic N) is 3. The number of piperazine rings is 1. The Morgan fingerprint density at radius 3 is 2.43 bits per heavy atom. The molecule has 3 heterocycles. The quantitative estimate of drug-likeness (QED) is 0.808. The molecule has 5 rings (SSSR count). The Labute approximate surface area is 166 Å². The maximum Gasteiger partial charge on any atom is 0.165 e. The summed E-state index contributed by atoms with van der Waals surface area (Å²) in [6, 6.07) is 15.9. The third kappa shape index (κ3) is 2.32. The predicted molar refractivity (Wildman–Crippen MR) is 106 cm³/mol. The van der Waals surface area contributed by atoms with Crippen molar-refractivity contribution in [2.75, 3.05) is 21.3 Å². The first-order chi connectivity index (χ1) is 13.7. The predicted octanol–water partition coefficient (Wildman–Crippen LogP) is 2.93. The second-order valence-corrected chi connectivity index (χ2v) is 8.04. The van der Waals surface area contributed by atoms with Crippen LogP contribution >= 0.6 is 0 Å². The van der Waals surface area contributed by atoms with E-state index in [1.165, 1.54) is 22.3 Å². The number of rotatable bonds is 2. The molecule has 2 aromatic rings. The molecule has 5 nitrogen and oxygen atoms in total. The van der Waals surface area contributed by atoms with Gasteiger partial charge in [-0.15, -0.1) is 0 Å². The number of likely N-dealkylation sites (N-methyl/N-ethyl adjacent to an activating group) is 1. The molecule has 1 saturated heterocycles. The van der Waals surface area contributed by atoms with Crippen LogP contribution in [0.3, 0.4) is 0 Å². The number of fused-ring (bicyclic) bond motifs is 7. The van der Waals surface area contributed by atoms with Gasteiger partial charge in [-0.05, 0) is 42.6 Å². The maximum absolute atomic E-state index is 10.1. The average molecular weight is 375 g/mol. The summed E-state index contributed by atoms with van der Waals surface area (Å²) >= 11 is 0. The highest BCUT2D eigenvalue weighted by Gasteiger charge is 2.52. The number of hydrogen-bond donors (Lipinski definition) is 0. The highest BCUT2D eigenvalue weighted by molar-refractivity contribution is 5.55. The fraction of sp³-hybridized carbons (Fsp3) is 0.435. The SMILES string of the molecule is COc1ccc2c(c1OC)[C@@H]1[C@H]3Cc4ccccc4CN3[C@@H](C#N)[C@H](C2)N1C. The van der Waals surface area contributed by atoms with E-state index in [2.05, 4.69) is 53.2 Å². The second-order valence-electron chi connectivity index (χ2n) is 8.04. The standard InChI is InChI=1S/C23H25N3O2/c1-25-17-11-15-8-9-20(27-2)23(28-3)21(15)22(25)18-10-14-6-4-5-7-16(14)13-26(18)19(17)12-24/h4-9,17-19,22H,10-11,13H2,1-3H3/t17-,18+,19-,22-/m0/s1. The van der Waals surface area contributed by atoms with E-state index < -0.39 is 0 Å². The highest BCUT2D eigenvalue weighted by atomic mass is 16.5. The van der Waals surface area contributed by atoms with Gasteiger partial charge < -0.3 is 9.47 Å². The van der Waals surface area contributed by atoms with Crippen LogP contribution in [0.5, 0.6) is 11.5 Å². The summed E-state index contributed by atoms with van der Waals surface area (Å²) in [6.45, 7) is 0.835. The number of benzene rings is 2. The Morgan fingerprint density at radius 1 is 0.964 bits per heavy atom. The third-order valence-corrected chi connectivity index (χ3v) is 6.91. The minimum Gasteiger partial charge on any atom is -0.493 e. The molecule has 2 bridgehead atoms. The lowest BCUT2D eigenvalue weighted by Gasteiger charge is -2.57. The normalized spacial score (nSPS) is 28.5. The Balaban J connectivity index is 1.70. The molecule has 5 heteroatoms. The largest absolute Gasteiger partial charge is 0.493 e. The zero-order valence-corrected chi connectivity index (χ0v) is 16.6. The van der Waals surface area contributed by atoms with Gasteiger partial charge >= 0.3 is 0 Å². The first-order valence-electron chi connectivity index (χ1n) is 9.85. The molecule has 0 aliphatic carbocycles. The van der Waals surface area contributed by atoms with Crippen molar-refractivity contribution in [2.45, 2.75) is 43.6 Å². The van der Waals surface area contributed by atoms with E-state index in [0.717, 1.165) is 30.9 Å². The van der Waals surface area contributed by atoms with Crippen LogP contribution in [0.15, 0.2) is 36.4 Å². The summed E-state index contributed by atoms with van der Waals surface area (Å²) in [5.41, 5.74) is 5.25. The van der Waals surface area contributed by atoms with Crippen LogP contribution in [-0.4, -0.2) is 49.2 Å². The summed E-state index contributed by atoms with van der Waals surface area (Å²) in [6.07, 6.45) is 1.79. The van der Waals surface area contributed by atoms with Crippen molar-refractivity contribution in [3.8, 4) is 17.6 Å². The number of methoxy groups -OCH3 is 2. The Bertz CT molecular complexity index is 967. The molecular formula is C23H25N3O2. The van der Waals surface area contributed by atoms with Crippen LogP contribution in [0.4, 0.5) is 0 Å². The average Bonchev–Trinajstić information content (AvgIpc) is 2.72. The number of nitriles is 1. The fourth-order valence-corrected chi connectivity index (χ4v) is 5.62. The molecule has 28 heavy (non-hydrogen) atoms. The van der Waals surface area contributed by atoms with Gasteiger partial charge in [0.25, 0.3) is 0 Å². The van der Waals surface area contributed by atoms with Crippen LogP contribution < -0.4 is 9.47 Å². The molecule has 1 fully saturated rings. The van der Waals surface area contributed by atoms with Crippen molar-refractivity contribution in [1.29, 1.82) is 5.26 Å². The van der Waals surface area contributed by atoms with Crippen molar-refractivity contribution in [1.82, 2.24) is 9.80 Å². The third-order valence-electron chi connectivity index (χ3n) is 6.91. The van der Waals surface area contributed by atoms with Crippen molar-refractivity contribution in [3.63, 3.8) is 0 Å². The molecule has 0 aromatic heterocycles. The molecule has 0 saturated carbocycles. The molecule has 4 atom stereocenters. The van der Waals surface area contributed by atoms with E-state index in [4.69, 9.17) is 9.47 Å². The van der Waals surface area contributed by atoms with Crippen LogP contribution in [0.2, 0.25) is 0 Å². The van der Waals surface area contributed by atoms with Crippen LogP contribution in [0, 0.1) is 11.3 Å². The molecule has 0 unspecified atom stereocenters. The molecular weight excluding hydrogens is 350 g/mol. The fourth-order valence-electron chi connectivity index (χ4n) is 5.62. The Kier molecular flexibility index (Phi) is 4.08. The van der Waals surface area contributed by atoms with Crippen LogP contribution in [0.1, 0.15) is 28.3 Å². The lowest BCUT2D eigenvalue weighted by Crippen LogP contribution is -2.67. The van der Waals surface area contributed by atoms with Crippen molar-refractivity contribution >= 4 is 0 Å². The Morgan fingerprint density at radius 2 is 1.71 bits per heavy atom. The van der Waals surface area contributed by atoms with Gasteiger partial charge in [0.15, 0.2) is 11.5 Å². The van der Waals surface area contributed by atoms with Gasteiger partial charge in [0.05, 0.1) is 26.3 Å². The lowest BCUT2D eigenvalue weighted by molar-refractivity contribution is -0.0528. The first kappa shape index (κ1) is 17.5. The molecule has 0 amide bonds. The topological polar surface area (TPSA) is 48.7 Å². The van der Waals surface area contributed by atoms with E-state index in [-0.39, 0.29) is 24.2 Å². The van der Waals surface area contributed by atoms with Crippen LogP contribution in [0.25, 0.3) is 0 Å². The van der Waals surface area contributed by atoms with Gasteiger partial charge in [0.1, 0.15) is 6.04 Å². The van der Waals surface area contributed by atoms with E-state index in [1.807, 2.05) is 6.07 Å². The number of ether oxygens (including phenoxy) is 2. The summed E-state index contributed by atoms with van der Waals surface area (Å²) in [7, 11) is 5.58. The molecule has 144 valence electrons. The minimum atomic E-state index is -0.110. The van der Waals surface area contributed by atoms with Gasteiger partial charge in [-0.1, -0.05) is 30.3 Å². The van der Waals surface area contributed by atoms with Gasteiger partial charge in [-0.25, -0.2) is 0 Å². The number of hydrogen-bond acceptors (Lipinski definition) is 5. The van der Waals surface area contributed by atoms with Gasteiger partial charge in [-0.3, -0.25) is 9.80 Å². The first-order valence-corrected chi connectivity index (χ1v) is 9.85. The summed E-state index contributed by atoms with van der Waals surface area (Å²) in [5, 5.41) is 10.1. The summed E-state index contributed by atoms with van der Waals surface area (Å²) in [4.78, 5) is 4.84. The molecule has 0 N–H and O–H groups in total. The van der Waals surface area contributed by atoms with Crippen molar-refractivity contribution in [3.05, 3.63) is 58.7 Å².